The van der Waals surface area contributed by atoms with Crippen molar-refractivity contribution in [1.82, 2.24) is 15.1 Å². The highest BCUT2D eigenvalue weighted by molar-refractivity contribution is 5.80. The summed E-state index contributed by atoms with van der Waals surface area (Å²) in [7, 11) is 0. The number of amides is 1. The molecule has 0 saturated carbocycles. The topological polar surface area (TPSA) is 93.5 Å². The first-order valence-electron chi connectivity index (χ1n) is 8.40. The van der Waals surface area contributed by atoms with Gasteiger partial charge in [0.15, 0.2) is 0 Å². The van der Waals surface area contributed by atoms with Crippen molar-refractivity contribution in [3.8, 4) is 5.69 Å². The second-order valence-corrected chi connectivity index (χ2v) is 7.25. The molecule has 1 aromatic heterocycles. The van der Waals surface area contributed by atoms with Crippen LogP contribution in [0.2, 0.25) is 0 Å². The minimum Gasteiger partial charge on any atom is -0.480 e. The van der Waals surface area contributed by atoms with Crippen molar-refractivity contribution in [1.29, 1.82) is 0 Å². The van der Waals surface area contributed by atoms with Gasteiger partial charge < -0.3 is 15.2 Å². The maximum absolute atomic E-state index is 11.8. The van der Waals surface area contributed by atoms with Gasteiger partial charge in [0.2, 0.25) is 0 Å². The molecule has 1 amide bonds. The van der Waals surface area contributed by atoms with Crippen LogP contribution in [0.25, 0.3) is 5.69 Å². The molecule has 7 heteroatoms. The largest absolute Gasteiger partial charge is 0.480 e. The monoisotopic (exact) mass is 359 g/mol. The van der Waals surface area contributed by atoms with E-state index in [1.807, 2.05) is 48.9 Å². The average Bonchev–Trinajstić information content (AvgIpc) is 2.84. The smallest absolute Gasteiger partial charge is 0.408 e. The lowest BCUT2D eigenvalue weighted by Crippen LogP contribution is -2.44. The highest BCUT2D eigenvalue weighted by Gasteiger charge is 2.24. The molecule has 1 heterocycles. The van der Waals surface area contributed by atoms with Gasteiger partial charge in [-0.2, -0.15) is 5.10 Å². The van der Waals surface area contributed by atoms with Crippen LogP contribution in [0.5, 0.6) is 0 Å². The normalized spacial score (nSPS) is 12.5. The summed E-state index contributed by atoms with van der Waals surface area (Å²) in [5.41, 5.74) is 2.95. The molecule has 26 heavy (non-hydrogen) atoms. The van der Waals surface area contributed by atoms with Crippen molar-refractivity contribution in [2.45, 2.75) is 52.7 Å². The number of aromatic nitrogens is 2. The van der Waals surface area contributed by atoms with Crippen molar-refractivity contribution in [2.75, 3.05) is 0 Å². The summed E-state index contributed by atoms with van der Waals surface area (Å²) in [5.74, 6) is -1.11. The lowest BCUT2D eigenvalue weighted by molar-refractivity contribution is -0.139. The number of carbonyl (C=O) groups excluding carboxylic acids is 1. The molecule has 0 radical (unpaired) electrons. The van der Waals surface area contributed by atoms with Gasteiger partial charge in [-0.3, -0.25) is 0 Å². The molecular weight excluding hydrogens is 334 g/mol. The van der Waals surface area contributed by atoms with Crippen molar-refractivity contribution < 1.29 is 19.4 Å². The molecule has 1 aromatic carbocycles. The first kappa shape index (κ1) is 19.5. The molecule has 2 aromatic rings. The number of carboxylic acid groups (broad SMARTS) is 1. The number of ether oxygens (including phenoxy) is 1. The Hall–Kier alpha value is -2.83. The Labute approximate surface area is 153 Å². The first-order valence-corrected chi connectivity index (χ1v) is 8.40. The van der Waals surface area contributed by atoms with E-state index in [-0.39, 0.29) is 6.42 Å². The number of nitrogens with zero attached hydrogens (tertiary/aromatic N) is 2. The van der Waals surface area contributed by atoms with Gasteiger partial charge in [-0.05, 0) is 58.4 Å². The third-order valence-corrected chi connectivity index (χ3v) is 3.62. The first-order chi connectivity index (χ1) is 12.0. The van der Waals surface area contributed by atoms with Crippen LogP contribution in [0.3, 0.4) is 0 Å². The van der Waals surface area contributed by atoms with Gasteiger partial charge in [-0.1, -0.05) is 12.1 Å². The fraction of sp³-hybridized carbons (Fsp3) is 0.421. The van der Waals surface area contributed by atoms with Crippen LogP contribution < -0.4 is 5.32 Å². The molecule has 2 rings (SSSR count). The summed E-state index contributed by atoms with van der Waals surface area (Å²) >= 11 is 0. The van der Waals surface area contributed by atoms with E-state index < -0.39 is 23.7 Å². The number of rotatable bonds is 5. The second kappa shape index (κ2) is 7.59. The molecular formula is C19H25N3O4. The van der Waals surface area contributed by atoms with Gasteiger partial charge in [0.1, 0.15) is 11.6 Å². The number of nitrogens with one attached hydrogen (secondary N) is 1. The van der Waals surface area contributed by atoms with Crippen LogP contribution in [-0.2, 0) is 16.0 Å². The number of benzene rings is 1. The number of hydrogen-bond acceptors (Lipinski definition) is 4. The van der Waals surface area contributed by atoms with Crippen molar-refractivity contribution in [3.63, 3.8) is 0 Å². The molecule has 7 nitrogen and oxygen atoms in total. The Morgan fingerprint density at radius 3 is 2.31 bits per heavy atom. The number of carbonyl (C=O) groups is 2. The van der Waals surface area contributed by atoms with E-state index >= 15 is 0 Å². The number of alkyl carbamates (subject to hydrolysis) is 1. The summed E-state index contributed by atoms with van der Waals surface area (Å²) in [6.45, 7) is 9.07. The third-order valence-electron chi connectivity index (χ3n) is 3.62. The maximum Gasteiger partial charge on any atom is 0.408 e. The summed E-state index contributed by atoms with van der Waals surface area (Å²) in [4.78, 5) is 23.3. The van der Waals surface area contributed by atoms with Gasteiger partial charge in [-0.25, -0.2) is 14.3 Å². The van der Waals surface area contributed by atoms with E-state index in [9.17, 15) is 14.7 Å². The predicted octanol–water partition coefficient (Wildman–Crippen LogP) is 3.01. The molecule has 0 bridgehead atoms. The van der Waals surface area contributed by atoms with Crippen LogP contribution in [0.1, 0.15) is 37.7 Å². The summed E-state index contributed by atoms with van der Waals surface area (Å²) in [5, 5.41) is 16.2. The van der Waals surface area contributed by atoms with E-state index in [0.29, 0.717) is 0 Å². The zero-order chi connectivity index (χ0) is 19.5. The summed E-state index contributed by atoms with van der Waals surface area (Å²) < 4.78 is 6.95. The predicted molar refractivity (Wildman–Crippen MR) is 97.5 cm³/mol. The fourth-order valence-corrected chi connectivity index (χ4v) is 2.55. The van der Waals surface area contributed by atoms with Gasteiger partial charge >= 0.3 is 12.1 Å². The zero-order valence-electron chi connectivity index (χ0n) is 15.7. The Morgan fingerprint density at radius 1 is 1.23 bits per heavy atom. The molecule has 0 spiro atoms. The van der Waals surface area contributed by atoms with Gasteiger partial charge in [-0.15, -0.1) is 0 Å². The fourth-order valence-electron chi connectivity index (χ4n) is 2.55. The molecule has 0 aliphatic heterocycles. The number of hydrogen-bond donors (Lipinski definition) is 2. The number of carboxylic acids is 1. The quantitative estimate of drug-likeness (QED) is 0.856. The van der Waals surface area contributed by atoms with E-state index in [1.54, 1.807) is 20.8 Å². The Bertz CT molecular complexity index is 788. The Kier molecular flexibility index (Phi) is 5.69. The molecule has 1 unspecified atom stereocenters. The van der Waals surface area contributed by atoms with E-state index in [1.165, 1.54) is 0 Å². The zero-order valence-corrected chi connectivity index (χ0v) is 15.7. The maximum atomic E-state index is 11.8. The standard InChI is InChI=1S/C19H25N3O4/c1-12-10-13(2)22(21-12)15-8-6-14(7-9-15)11-16(17(23)24)20-18(25)26-19(3,4)5/h6-10,16H,11H2,1-5H3,(H,20,25)(H,23,24). The van der Waals surface area contributed by atoms with Crippen molar-refractivity contribution >= 4 is 12.1 Å². The third kappa shape index (κ3) is 5.34. The molecule has 140 valence electrons. The van der Waals surface area contributed by atoms with Gasteiger partial charge in [0.05, 0.1) is 11.4 Å². The van der Waals surface area contributed by atoms with Crippen LogP contribution >= 0.6 is 0 Å². The summed E-state index contributed by atoms with van der Waals surface area (Å²) in [6.07, 6.45) is -0.587. The van der Waals surface area contributed by atoms with Crippen LogP contribution in [0.4, 0.5) is 4.79 Å². The van der Waals surface area contributed by atoms with E-state index in [0.717, 1.165) is 22.6 Å². The lowest BCUT2D eigenvalue weighted by atomic mass is 10.1. The molecule has 0 fully saturated rings. The Morgan fingerprint density at radius 2 is 1.85 bits per heavy atom. The molecule has 2 N–H and O–H groups in total. The number of aliphatic carboxylic acids is 1. The highest BCUT2D eigenvalue weighted by atomic mass is 16.6. The van der Waals surface area contributed by atoms with Crippen LogP contribution in [-0.4, -0.2) is 38.6 Å². The van der Waals surface area contributed by atoms with Crippen molar-refractivity contribution in [2.24, 2.45) is 0 Å². The second-order valence-electron chi connectivity index (χ2n) is 7.25. The highest BCUT2D eigenvalue weighted by Crippen LogP contribution is 2.14. The summed E-state index contributed by atoms with van der Waals surface area (Å²) in [6, 6.07) is 8.34. The van der Waals surface area contributed by atoms with Crippen LogP contribution in [0.15, 0.2) is 30.3 Å². The molecule has 1 atom stereocenters. The van der Waals surface area contributed by atoms with E-state index in [2.05, 4.69) is 10.4 Å². The number of aryl methyl sites for hydroxylation is 2. The van der Waals surface area contributed by atoms with Gasteiger partial charge in [0.25, 0.3) is 0 Å². The van der Waals surface area contributed by atoms with E-state index in [4.69, 9.17) is 4.74 Å². The molecule has 0 aliphatic rings. The van der Waals surface area contributed by atoms with Gasteiger partial charge in [0, 0.05) is 12.1 Å². The van der Waals surface area contributed by atoms with Crippen LogP contribution in [0, 0.1) is 13.8 Å². The minimum atomic E-state index is -1.11. The van der Waals surface area contributed by atoms with Crippen molar-refractivity contribution in [3.05, 3.63) is 47.3 Å². The minimum absolute atomic E-state index is 0.159. The molecule has 0 saturated heterocycles. The SMILES string of the molecule is Cc1cc(C)n(-c2ccc(CC(NC(=O)OC(C)(C)C)C(=O)O)cc2)n1. The average molecular weight is 359 g/mol. The Balaban J connectivity index is 2.08. The molecule has 0 aliphatic carbocycles. The lowest BCUT2D eigenvalue weighted by Gasteiger charge is -2.22.